The van der Waals surface area contributed by atoms with Gasteiger partial charge in [0, 0.05) is 31.6 Å². The monoisotopic (exact) mass is 356 g/mol. The summed E-state index contributed by atoms with van der Waals surface area (Å²) in [6.45, 7) is 9.67. The summed E-state index contributed by atoms with van der Waals surface area (Å²) in [4.78, 5) is 30.0. The van der Waals surface area contributed by atoms with Crippen molar-refractivity contribution in [3.05, 3.63) is 0 Å². The molecule has 5 heteroatoms. The molecule has 3 fully saturated rings. The summed E-state index contributed by atoms with van der Waals surface area (Å²) in [6.07, 6.45) is 1.66. The molecule has 2 bridgehead atoms. The summed E-state index contributed by atoms with van der Waals surface area (Å²) in [5.74, 6) is 0.415. The van der Waals surface area contributed by atoms with E-state index < -0.39 is 5.41 Å². The molecule has 3 rings (SSSR count). The van der Waals surface area contributed by atoms with Crippen molar-refractivity contribution in [2.75, 3.05) is 33.2 Å². The van der Waals surface area contributed by atoms with Crippen LogP contribution in [0.3, 0.4) is 0 Å². The van der Waals surface area contributed by atoms with Crippen LogP contribution < -0.4 is 0 Å². The number of fused-ring (bicyclic) bond motifs is 2. The van der Waals surface area contributed by atoms with Crippen molar-refractivity contribution in [3.63, 3.8) is 0 Å². The quantitative estimate of drug-likeness (QED) is 0.674. The van der Waals surface area contributed by atoms with E-state index in [-0.39, 0.29) is 27.3 Å². The van der Waals surface area contributed by atoms with Crippen LogP contribution in [0.4, 0.5) is 0 Å². The highest BCUT2D eigenvalue weighted by atomic mass is 79.9. The van der Waals surface area contributed by atoms with Gasteiger partial charge in [0.25, 0.3) is 0 Å². The van der Waals surface area contributed by atoms with Crippen LogP contribution in [0.15, 0.2) is 0 Å². The number of rotatable bonds is 1. The maximum Gasteiger partial charge on any atom is 0.231 e. The molecule has 3 aliphatic rings. The lowest BCUT2D eigenvalue weighted by Crippen LogP contribution is -2.56. The molecule has 1 heterocycles. The largest absolute Gasteiger partial charge is 0.340 e. The number of ketones is 1. The number of halogens is 1. The molecular weight excluding hydrogens is 332 g/mol. The predicted octanol–water partition coefficient (Wildman–Crippen LogP) is 1.92. The first-order valence-corrected chi connectivity index (χ1v) is 8.76. The van der Waals surface area contributed by atoms with Gasteiger partial charge >= 0.3 is 0 Å². The minimum absolute atomic E-state index is 0.192. The molecule has 118 valence electrons. The fourth-order valence-corrected chi connectivity index (χ4v) is 6.22. The lowest BCUT2D eigenvalue weighted by molar-refractivity contribution is -0.148. The highest BCUT2D eigenvalue weighted by Crippen LogP contribution is 2.72. The van der Waals surface area contributed by atoms with Gasteiger partial charge in [-0.1, -0.05) is 36.7 Å². The Hall–Kier alpha value is -0.420. The van der Waals surface area contributed by atoms with Gasteiger partial charge in [0.1, 0.15) is 0 Å². The van der Waals surface area contributed by atoms with E-state index in [1.165, 1.54) is 0 Å². The normalized spacial score (nSPS) is 42.6. The van der Waals surface area contributed by atoms with E-state index in [4.69, 9.17) is 0 Å². The van der Waals surface area contributed by atoms with E-state index >= 15 is 0 Å². The Morgan fingerprint density at radius 1 is 1.14 bits per heavy atom. The molecule has 0 aromatic carbocycles. The number of nitrogens with zero attached hydrogens (tertiary/aromatic N) is 2. The van der Waals surface area contributed by atoms with Gasteiger partial charge in [-0.2, -0.15) is 0 Å². The molecule has 0 aromatic rings. The Balaban J connectivity index is 1.96. The second kappa shape index (κ2) is 4.54. The third-order valence-electron chi connectivity index (χ3n) is 6.89. The van der Waals surface area contributed by atoms with Crippen LogP contribution in [-0.4, -0.2) is 59.5 Å². The Morgan fingerprint density at radius 3 is 2.19 bits per heavy atom. The zero-order valence-corrected chi connectivity index (χ0v) is 15.0. The minimum Gasteiger partial charge on any atom is -0.340 e. The van der Waals surface area contributed by atoms with Crippen LogP contribution in [-0.2, 0) is 9.59 Å². The molecule has 21 heavy (non-hydrogen) atoms. The number of amides is 1. The van der Waals surface area contributed by atoms with Crippen LogP contribution >= 0.6 is 15.9 Å². The number of carbonyl (C=O) groups is 2. The molecule has 2 saturated carbocycles. The van der Waals surface area contributed by atoms with Crippen molar-refractivity contribution in [2.45, 2.75) is 38.4 Å². The highest BCUT2D eigenvalue weighted by molar-refractivity contribution is 9.10. The summed E-state index contributed by atoms with van der Waals surface area (Å²) in [7, 11) is 2.09. The van der Waals surface area contributed by atoms with Gasteiger partial charge in [0.05, 0.1) is 10.2 Å². The van der Waals surface area contributed by atoms with Crippen molar-refractivity contribution in [2.24, 2.45) is 16.2 Å². The second-order valence-electron chi connectivity index (χ2n) is 7.75. The van der Waals surface area contributed by atoms with Crippen molar-refractivity contribution in [1.29, 1.82) is 0 Å². The minimum atomic E-state index is -0.561. The lowest BCUT2D eigenvalue weighted by Gasteiger charge is -2.44. The average Bonchev–Trinajstić information content (AvgIpc) is 2.71. The molecule has 1 saturated heterocycles. The van der Waals surface area contributed by atoms with E-state index in [1.807, 2.05) is 4.90 Å². The van der Waals surface area contributed by atoms with E-state index in [0.29, 0.717) is 0 Å². The lowest BCUT2D eigenvalue weighted by atomic mass is 9.64. The summed E-state index contributed by atoms with van der Waals surface area (Å²) in [6, 6.07) is 0. The molecule has 3 atom stereocenters. The molecule has 0 N–H and O–H groups in total. The fourth-order valence-electron chi connectivity index (χ4n) is 4.72. The Bertz CT molecular complexity index is 499. The summed E-state index contributed by atoms with van der Waals surface area (Å²) >= 11 is 3.60. The number of hydrogen-bond donors (Lipinski definition) is 0. The summed E-state index contributed by atoms with van der Waals surface area (Å²) < 4.78 is 0. The van der Waals surface area contributed by atoms with Gasteiger partial charge in [-0.25, -0.2) is 0 Å². The van der Waals surface area contributed by atoms with Crippen LogP contribution in [0, 0.1) is 16.2 Å². The van der Waals surface area contributed by atoms with Gasteiger partial charge in [-0.05, 0) is 25.3 Å². The Kier molecular flexibility index (Phi) is 3.35. The van der Waals surface area contributed by atoms with Crippen molar-refractivity contribution < 1.29 is 9.59 Å². The molecule has 4 nitrogen and oxygen atoms in total. The molecule has 0 spiro atoms. The smallest absolute Gasteiger partial charge is 0.231 e. The predicted molar refractivity (Wildman–Crippen MR) is 85.4 cm³/mol. The Labute approximate surface area is 135 Å². The fraction of sp³-hybridized carbons (Fsp3) is 0.875. The maximum atomic E-state index is 13.3. The molecule has 0 unspecified atom stereocenters. The van der Waals surface area contributed by atoms with Crippen molar-refractivity contribution in [1.82, 2.24) is 9.80 Å². The number of Topliss-reactive ketones (excluding diaryl/α,β-unsaturated/α-hetero) is 1. The zero-order valence-electron chi connectivity index (χ0n) is 13.4. The first-order chi connectivity index (χ1) is 9.68. The summed E-state index contributed by atoms with van der Waals surface area (Å²) in [5, 5.41) is 0. The maximum absolute atomic E-state index is 13.3. The number of carbonyl (C=O) groups excluding carboxylic acids is 2. The topological polar surface area (TPSA) is 40.6 Å². The zero-order chi connectivity index (χ0) is 15.6. The molecule has 0 radical (unpaired) electrons. The number of alkyl halides is 1. The van der Waals surface area contributed by atoms with Crippen LogP contribution in [0.5, 0.6) is 0 Å². The third kappa shape index (κ3) is 1.65. The van der Waals surface area contributed by atoms with Crippen LogP contribution in [0.1, 0.15) is 33.6 Å². The molecule has 1 aliphatic heterocycles. The second-order valence-corrected chi connectivity index (χ2v) is 8.67. The molecule has 2 aliphatic carbocycles. The van der Waals surface area contributed by atoms with Crippen LogP contribution in [0.25, 0.3) is 0 Å². The van der Waals surface area contributed by atoms with E-state index in [0.717, 1.165) is 39.0 Å². The van der Waals surface area contributed by atoms with Crippen LogP contribution in [0.2, 0.25) is 0 Å². The molecular formula is C16H25BrN2O2. The van der Waals surface area contributed by atoms with Gasteiger partial charge in [-0.3, -0.25) is 9.59 Å². The first kappa shape index (κ1) is 15.5. The van der Waals surface area contributed by atoms with Gasteiger partial charge in [0.2, 0.25) is 5.91 Å². The van der Waals surface area contributed by atoms with Gasteiger partial charge in [-0.15, -0.1) is 0 Å². The number of piperazine rings is 1. The van der Waals surface area contributed by atoms with Gasteiger partial charge in [0.15, 0.2) is 5.78 Å². The standard InChI is InChI=1S/C16H25BrN2O2/c1-14(2)15(3)5-6-16(14,11(17)12(15)20)13(21)19-9-7-18(4)8-10-19/h11H,5-10H2,1-4H3/t11-,15+,16-/m0/s1. The molecule has 0 aromatic heterocycles. The third-order valence-corrected chi connectivity index (χ3v) is 8.09. The van der Waals surface area contributed by atoms with Crippen molar-refractivity contribution >= 4 is 27.6 Å². The highest BCUT2D eigenvalue weighted by Gasteiger charge is 2.77. The molecule has 1 amide bonds. The number of hydrogen-bond acceptors (Lipinski definition) is 3. The van der Waals surface area contributed by atoms with E-state index in [2.05, 4.69) is 48.6 Å². The average molecular weight is 357 g/mol. The van der Waals surface area contributed by atoms with E-state index in [9.17, 15) is 9.59 Å². The first-order valence-electron chi connectivity index (χ1n) is 7.85. The van der Waals surface area contributed by atoms with E-state index in [1.54, 1.807) is 0 Å². The van der Waals surface area contributed by atoms with Gasteiger partial charge < -0.3 is 9.80 Å². The number of likely N-dealkylation sites (N-methyl/N-ethyl adjacent to an activating group) is 1. The Morgan fingerprint density at radius 2 is 1.71 bits per heavy atom. The summed E-state index contributed by atoms with van der Waals surface area (Å²) in [5.41, 5.74) is -1.22. The van der Waals surface area contributed by atoms with Crippen molar-refractivity contribution in [3.8, 4) is 0 Å². The SMILES string of the molecule is CN1CCN(C(=O)[C@]23CC[C@](C)(C(=O)[C@@H]2Br)C3(C)C)CC1.